The van der Waals surface area contributed by atoms with E-state index in [2.05, 4.69) is 25.1 Å². The molecule has 1 saturated heterocycles. The van der Waals surface area contributed by atoms with E-state index < -0.39 is 15.7 Å². The third-order valence-electron chi connectivity index (χ3n) is 6.38. The summed E-state index contributed by atoms with van der Waals surface area (Å²) in [5.41, 5.74) is 0.587. The van der Waals surface area contributed by atoms with Crippen molar-refractivity contribution in [1.29, 1.82) is 0 Å². The van der Waals surface area contributed by atoms with Gasteiger partial charge in [0.05, 0.1) is 16.8 Å². The third-order valence-corrected chi connectivity index (χ3v) is 8.30. The summed E-state index contributed by atoms with van der Waals surface area (Å²) in [6, 6.07) is 4.37. The van der Waals surface area contributed by atoms with Crippen LogP contribution in [0.4, 0.5) is 10.4 Å². The highest BCUT2D eigenvalue weighted by Gasteiger charge is 2.28. The van der Waals surface area contributed by atoms with Gasteiger partial charge in [0.15, 0.2) is 15.7 Å². The lowest BCUT2D eigenvalue weighted by Gasteiger charge is -2.33. The van der Waals surface area contributed by atoms with E-state index in [9.17, 15) is 12.8 Å². The fourth-order valence-corrected chi connectivity index (χ4v) is 5.65. The number of piperidine rings is 1. The molecular weight excluding hydrogens is 507 g/mol. The topological polar surface area (TPSA) is 116 Å². The second kappa shape index (κ2) is 9.43. The van der Waals surface area contributed by atoms with Gasteiger partial charge in [-0.1, -0.05) is 19.0 Å². The highest BCUT2D eigenvalue weighted by molar-refractivity contribution is 7.90. The van der Waals surface area contributed by atoms with Crippen molar-refractivity contribution < 1.29 is 22.1 Å². The maximum Gasteiger partial charge on any atom is 0.324 e. The van der Waals surface area contributed by atoms with Gasteiger partial charge in [-0.15, -0.1) is 5.10 Å². The van der Waals surface area contributed by atoms with Gasteiger partial charge in [0.2, 0.25) is 4.96 Å². The van der Waals surface area contributed by atoms with Gasteiger partial charge in [0, 0.05) is 30.8 Å². The Bertz CT molecular complexity index is 1460. The maximum atomic E-state index is 14.6. The number of hydrogen-bond acceptors (Lipinski definition) is 10. The van der Waals surface area contributed by atoms with Gasteiger partial charge in [0.25, 0.3) is 5.19 Å². The van der Waals surface area contributed by atoms with E-state index in [1.54, 1.807) is 10.7 Å². The van der Waals surface area contributed by atoms with E-state index in [4.69, 9.17) is 9.26 Å². The van der Waals surface area contributed by atoms with Crippen LogP contribution < -0.4 is 9.64 Å². The Morgan fingerprint density at radius 2 is 1.94 bits per heavy atom. The van der Waals surface area contributed by atoms with Crippen molar-refractivity contribution in [3.8, 4) is 16.5 Å². The molecule has 0 spiro atoms. The van der Waals surface area contributed by atoms with Crippen LogP contribution in [0.25, 0.3) is 16.2 Å². The highest BCUT2D eigenvalue weighted by atomic mass is 32.2. The van der Waals surface area contributed by atoms with Crippen LogP contribution in [0.5, 0.6) is 5.19 Å². The number of anilines is 1. The number of sulfone groups is 1. The van der Waals surface area contributed by atoms with Crippen LogP contribution in [0.15, 0.2) is 33.8 Å². The lowest BCUT2D eigenvalue weighted by atomic mass is 9.92. The summed E-state index contributed by atoms with van der Waals surface area (Å²) < 4.78 is 51.0. The Labute approximate surface area is 212 Å². The molecular formula is C23H27FN6O4S2. The van der Waals surface area contributed by atoms with Crippen molar-refractivity contribution in [3.63, 3.8) is 0 Å². The largest absolute Gasteiger partial charge is 0.466 e. The summed E-state index contributed by atoms with van der Waals surface area (Å²) in [5.74, 6) is 0.641. The van der Waals surface area contributed by atoms with Crippen LogP contribution in [-0.2, 0) is 9.84 Å². The van der Waals surface area contributed by atoms with Gasteiger partial charge in [-0.25, -0.2) is 22.3 Å². The van der Waals surface area contributed by atoms with Crippen LogP contribution in [0.3, 0.4) is 0 Å². The maximum absolute atomic E-state index is 14.6. The first-order valence-electron chi connectivity index (χ1n) is 11.7. The zero-order chi connectivity index (χ0) is 25.6. The normalized spacial score (nSPS) is 16.2. The van der Waals surface area contributed by atoms with E-state index in [1.165, 1.54) is 23.5 Å². The van der Waals surface area contributed by atoms with Crippen molar-refractivity contribution in [2.24, 2.45) is 5.92 Å². The zero-order valence-corrected chi connectivity index (χ0v) is 22.0. The molecule has 36 heavy (non-hydrogen) atoms. The van der Waals surface area contributed by atoms with Crippen LogP contribution in [0.1, 0.15) is 45.4 Å². The van der Waals surface area contributed by atoms with E-state index in [1.807, 2.05) is 20.8 Å². The minimum absolute atomic E-state index is 0.0441. The molecule has 1 aliphatic rings. The van der Waals surface area contributed by atoms with Crippen molar-refractivity contribution >= 4 is 32.1 Å². The summed E-state index contributed by atoms with van der Waals surface area (Å²) in [6.45, 7) is 7.73. The SMILES string of the molecule is CC(C)c1noc(N2CCC([C@@H](C)Oc3nn4cc(-c5ccc(S(C)(=O)=O)cc5F)nc4s3)CC2)n1. The molecule has 13 heteroatoms. The molecule has 0 amide bonds. The molecule has 0 bridgehead atoms. The fourth-order valence-electron chi connectivity index (χ4n) is 4.20. The molecule has 192 valence electrons. The lowest BCUT2D eigenvalue weighted by Crippen LogP contribution is -2.38. The molecule has 1 aromatic carbocycles. The summed E-state index contributed by atoms with van der Waals surface area (Å²) in [6.07, 6.45) is 4.46. The smallest absolute Gasteiger partial charge is 0.324 e. The first kappa shape index (κ1) is 24.6. The highest BCUT2D eigenvalue weighted by Crippen LogP contribution is 2.31. The average Bonchev–Trinajstić information content (AvgIpc) is 3.54. The minimum Gasteiger partial charge on any atom is -0.466 e. The molecule has 1 atom stereocenters. The Morgan fingerprint density at radius 3 is 2.56 bits per heavy atom. The van der Waals surface area contributed by atoms with Crippen molar-refractivity contribution in [3.05, 3.63) is 36.0 Å². The Hall–Kier alpha value is -3.06. The molecule has 0 saturated carbocycles. The summed E-state index contributed by atoms with van der Waals surface area (Å²) in [7, 11) is -3.49. The van der Waals surface area contributed by atoms with E-state index in [0.717, 1.165) is 44.1 Å². The molecule has 0 unspecified atom stereocenters. The van der Waals surface area contributed by atoms with Gasteiger partial charge in [-0.05, 0) is 55.2 Å². The molecule has 0 radical (unpaired) electrons. The lowest BCUT2D eigenvalue weighted by molar-refractivity contribution is 0.130. The number of benzene rings is 1. The zero-order valence-electron chi connectivity index (χ0n) is 20.4. The fraction of sp³-hybridized carbons (Fsp3) is 0.478. The number of hydrogen-bond donors (Lipinski definition) is 0. The molecule has 0 aliphatic carbocycles. The number of fused-ring (bicyclic) bond motifs is 1. The molecule has 0 N–H and O–H groups in total. The van der Waals surface area contributed by atoms with E-state index in [-0.39, 0.29) is 22.5 Å². The first-order valence-corrected chi connectivity index (χ1v) is 14.4. The summed E-state index contributed by atoms with van der Waals surface area (Å²) >= 11 is 1.28. The number of imidazole rings is 1. The monoisotopic (exact) mass is 534 g/mol. The standard InChI is InChI=1S/C23H27FN6O4S2/c1-13(2)20-26-21(34-28-20)29-9-7-15(8-10-29)14(3)33-23-27-30-12-19(25-22(30)35-23)17-6-5-16(11-18(17)24)36(4,31)32/h5-6,11-15H,7-10H2,1-4H3/t14-/m1/s1. The number of rotatable bonds is 7. The molecule has 3 aromatic heterocycles. The number of aromatic nitrogens is 5. The molecule has 5 rings (SSSR count). The molecule has 1 fully saturated rings. The molecule has 1 aliphatic heterocycles. The Morgan fingerprint density at radius 1 is 1.19 bits per heavy atom. The van der Waals surface area contributed by atoms with Gasteiger partial charge in [-0.3, -0.25) is 0 Å². The van der Waals surface area contributed by atoms with E-state index >= 15 is 0 Å². The number of halogens is 1. The molecule has 4 heterocycles. The van der Waals surface area contributed by atoms with Gasteiger partial charge < -0.3 is 14.2 Å². The predicted molar refractivity (Wildman–Crippen MR) is 133 cm³/mol. The van der Waals surface area contributed by atoms with Crippen LogP contribution >= 0.6 is 11.3 Å². The Kier molecular flexibility index (Phi) is 6.45. The van der Waals surface area contributed by atoms with Gasteiger partial charge >= 0.3 is 6.01 Å². The molecule has 4 aromatic rings. The number of nitrogens with zero attached hydrogens (tertiary/aromatic N) is 6. The minimum atomic E-state index is -3.49. The second-order valence-electron chi connectivity index (χ2n) is 9.37. The molecule has 10 nitrogen and oxygen atoms in total. The van der Waals surface area contributed by atoms with Crippen LogP contribution in [0, 0.1) is 11.7 Å². The first-order chi connectivity index (χ1) is 17.1. The van der Waals surface area contributed by atoms with Crippen LogP contribution in [0.2, 0.25) is 0 Å². The average molecular weight is 535 g/mol. The Balaban J connectivity index is 1.22. The van der Waals surface area contributed by atoms with Crippen molar-refractivity contribution in [1.82, 2.24) is 24.7 Å². The summed E-state index contributed by atoms with van der Waals surface area (Å²) in [4.78, 5) is 11.5. The second-order valence-corrected chi connectivity index (χ2v) is 12.3. The van der Waals surface area contributed by atoms with Gasteiger partial charge in [-0.2, -0.15) is 4.98 Å². The quantitative estimate of drug-likeness (QED) is 0.344. The number of ether oxygens (including phenoxy) is 1. The predicted octanol–water partition coefficient (Wildman–Crippen LogP) is 4.19. The third kappa shape index (κ3) is 4.94. The summed E-state index contributed by atoms with van der Waals surface area (Å²) in [5, 5.41) is 8.99. The van der Waals surface area contributed by atoms with Gasteiger partial charge in [0.1, 0.15) is 11.9 Å². The van der Waals surface area contributed by atoms with E-state index in [0.29, 0.717) is 27.8 Å². The van der Waals surface area contributed by atoms with Crippen molar-refractivity contribution in [2.75, 3.05) is 24.2 Å². The van der Waals surface area contributed by atoms with Crippen molar-refractivity contribution in [2.45, 2.75) is 50.5 Å². The van der Waals surface area contributed by atoms with Crippen LogP contribution in [-0.4, -0.2) is 58.6 Å².